The van der Waals surface area contributed by atoms with E-state index in [1.54, 1.807) is 24.3 Å². The Morgan fingerprint density at radius 2 is 1.52 bits per heavy atom. The molecule has 1 N–H and O–H groups in total. The number of para-hydroxylation sites is 2. The van der Waals surface area contributed by atoms with Gasteiger partial charge in [0.2, 0.25) is 0 Å². The predicted octanol–water partition coefficient (Wildman–Crippen LogP) is 5.27. The van der Waals surface area contributed by atoms with Crippen LogP contribution in [0.3, 0.4) is 0 Å². The van der Waals surface area contributed by atoms with Crippen molar-refractivity contribution < 1.29 is 26.3 Å². The van der Waals surface area contributed by atoms with E-state index in [1.165, 1.54) is 0 Å². The summed E-state index contributed by atoms with van der Waals surface area (Å²) in [5.41, 5.74) is -2.17. The number of H-pyrrole nitrogens is 1. The Morgan fingerprint density at radius 3 is 2.13 bits per heavy atom. The molecule has 0 bridgehead atoms. The van der Waals surface area contributed by atoms with Gasteiger partial charge in [0.15, 0.2) is 0 Å². The monoisotopic (exact) mass is 330 g/mol. The average molecular weight is 330 g/mol. The SMILES string of the molecule is FC(F)(F)c1ccc(C(F)(F)F)c(-c2nc3ccccc3[nH]2)c1. The van der Waals surface area contributed by atoms with Crippen molar-refractivity contribution in [3.05, 3.63) is 53.6 Å². The second-order valence-corrected chi connectivity index (χ2v) is 4.86. The van der Waals surface area contributed by atoms with Crippen LogP contribution in [0, 0.1) is 0 Å². The maximum Gasteiger partial charge on any atom is 0.417 e. The second-order valence-electron chi connectivity index (χ2n) is 4.86. The molecule has 0 saturated carbocycles. The number of aromatic amines is 1. The third-order valence-electron chi connectivity index (χ3n) is 3.30. The van der Waals surface area contributed by atoms with Gasteiger partial charge in [-0.05, 0) is 30.3 Å². The Hall–Kier alpha value is -2.51. The number of imidazole rings is 1. The van der Waals surface area contributed by atoms with E-state index in [4.69, 9.17) is 0 Å². The molecule has 1 heterocycles. The van der Waals surface area contributed by atoms with Crippen LogP contribution in [0.5, 0.6) is 0 Å². The van der Waals surface area contributed by atoms with E-state index < -0.39 is 29.0 Å². The van der Waals surface area contributed by atoms with Gasteiger partial charge in [-0.3, -0.25) is 0 Å². The van der Waals surface area contributed by atoms with Crippen LogP contribution in [-0.2, 0) is 12.4 Å². The van der Waals surface area contributed by atoms with Crippen molar-refractivity contribution in [3.63, 3.8) is 0 Å². The highest BCUT2D eigenvalue weighted by atomic mass is 19.4. The lowest BCUT2D eigenvalue weighted by atomic mass is 10.0. The molecule has 2 aromatic carbocycles. The number of hydrogen-bond acceptors (Lipinski definition) is 1. The van der Waals surface area contributed by atoms with Crippen LogP contribution >= 0.6 is 0 Å². The molecule has 0 fully saturated rings. The topological polar surface area (TPSA) is 28.7 Å². The number of fused-ring (bicyclic) bond motifs is 1. The van der Waals surface area contributed by atoms with Gasteiger partial charge in [-0.2, -0.15) is 26.3 Å². The van der Waals surface area contributed by atoms with Crippen molar-refractivity contribution in [2.45, 2.75) is 12.4 Å². The van der Waals surface area contributed by atoms with Gasteiger partial charge in [-0.1, -0.05) is 12.1 Å². The molecule has 8 heteroatoms. The van der Waals surface area contributed by atoms with Crippen LogP contribution in [-0.4, -0.2) is 9.97 Å². The van der Waals surface area contributed by atoms with E-state index in [0.29, 0.717) is 29.2 Å². The second kappa shape index (κ2) is 5.00. The highest BCUT2D eigenvalue weighted by Crippen LogP contribution is 2.40. The smallest absolute Gasteiger partial charge is 0.338 e. The largest absolute Gasteiger partial charge is 0.417 e. The molecule has 0 aliphatic heterocycles. The first kappa shape index (κ1) is 15.4. The van der Waals surface area contributed by atoms with Gasteiger partial charge < -0.3 is 4.98 Å². The minimum atomic E-state index is -4.79. The highest BCUT2D eigenvalue weighted by molar-refractivity contribution is 5.80. The number of nitrogens with one attached hydrogen (secondary N) is 1. The molecule has 3 rings (SSSR count). The lowest BCUT2D eigenvalue weighted by Gasteiger charge is -2.14. The van der Waals surface area contributed by atoms with Crippen molar-refractivity contribution >= 4 is 11.0 Å². The molecule has 0 atom stereocenters. The molecule has 0 amide bonds. The molecule has 120 valence electrons. The number of rotatable bonds is 1. The Balaban J connectivity index is 2.26. The molecule has 0 unspecified atom stereocenters. The maximum atomic E-state index is 13.1. The molecular weight excluding hydrogens is 322 g/mol. The van der Waals surface area contributed by atoms with Crippen LogP contribution in [0.25, 0.3) is 22.4 Å². The number of nitrogens with zero attached hydrogens (tertiary/aromatic N) is 1. The maximum absolute atomic E-state index is 13.1. The molecule has 1 aromatic heterocycles. The van der Waals surface area contributed by atoms with Crippen molar-refractivity contribution in [2.75, 3.05) is 0 Å². The third kappa shape index (κ3) is 2.88. The van der Waals surface area contributed by atoms with E-state index >= 15 is 0 Å². The fourth-order valence-electron chi connectivity index (χ4n) is 2.24. The van der Waals surface area contributed by atoms with Gasteiger partial charge >= 0.3 is 12.4 Å². The fourth-order valence-corrected chi connectivity index (χ4v) is 2.24. The zero-order valence-electron chi connectivity index (χ0n) is 11.3. The summed E-state index contributed by atoms with van der Waals surface area (Å²) in [6.45, 7) is 0. The van der Waals surface area contributed by atoms with E-state index in [-0.39, 0.29) is 5.82 Å². The minimum absolute atomic E-state index is 0.260. The molecule has 0 saturated heterocycles. The molecule has 0 radical (unpaired) electrons. The van der Waals surface area contributed by atoms with Crippen LogP contribution in [0.2, 0.25) is 0 Å². The average Bonchev–Trinajstić information content (AvgIpc) is 2.88. The summed E-state index contributed by atoms with van der Waals surface area (Å²) in [6, 6.07) is 7.69. The molecule has 3 aromatic rings. The van der Waals surface area contributed by atoms with Crippen molar-refractivity contribution in [1.82, 2.24) is 9.97 Å². The van der Waals surface area contributed by atoms with Crippen molar-refractivity contribution in [2.24, 2.45) is 0 Å². The highest BCUT2D eigenvalue weighted by Gasteiger charge is 2.37. The zero-order valence-corrected chi connectivity index (χ0v) is 11.3. The third-order valence-corrected chi connectivity index (χ3v) is 3.30. The number of halogens is 6. The Labute approximate surface area is 125 Å². The quantitative estimate of drug-likeness (QED) is 0.605. The Bertz CT molecular complexity index is 827. The Kier molecular flexibility index (Phi) is 3.35. The van der Waals surface area contributed by atoms with Crippen LogP contribution < -0.4 is 0 Å². The first-order chi connectivity index (χ1) is 10.7. The van der Waals surface area contributed by atoms with E-state index in [1.807, 2.05) is 0 Å². The number of aromatic nitrogens is 2. The van der Waals surface area contributed by atoms with Gasteiger partial charge in [-0.15, -0.1) is 0 Å². The van der Waals surface area contributed by atoms with Gasteiger partial charge in [0, 0.05) is 5.56 Å². The summed E-state index contributed by atoms with van der Waals surface area (Å²) < 4.78 is 77.7. The van der Waals surface area contributed by atoms with Gasteiger partial charge in [-0.25, -0.2) is 4.98 Å². The molecule has 2 nitrogen and oxygen atoms in total. The number of hydrogen-bond donors (Lipinski definition) is 1. The van der Waals surface area contributed by atoms with Gasteiger partial charge in [0.25, 0.3) is 0 Å². The lowest BCUT2D eigenvalue weighted by Crippen LogP contribution is -2.11. The summed E-state index contributed by atoms with van der Waals surface area (Å²) in [5, 5.41) is 0. The number of benzene rings is 2. The molecule has 0 aliphatic carbocycles. The molecule has 23 heavy (non-hydrogen) atoms. The van der Waals surface area contributed by atoms with E-state index in [2.05, 4.69) is 9.97 Å². The zero-order chi connectivity index (χ0) is 16.8. The van der Waals surface area contributed by atoms with Crippen LogP contribution in [0.1, 0.15) is 11.1 Å². The minimum Gasteiger partial charge on any atom is -0.338 e. The van der Waals surface area contributed by atoms with E-state index in [0.717, 1.165) is 0 Å². The van der Waals surface area contributed by atoms with E-state index in [9.17, 15) is 26.3 Å². The molecule has 0 aliphatic rings. The van der Waals surface area contributed by atoms with Gasteiger partial charge in [0.1, 0.15) is 5.82 Å². The first-order valence-electron chi connectivity index (χ1n) is 6.40. The van der Waals surface area contributed by atoms with Crippen molar-refractivity contribution in [1.29, 1.82) is 0 Å². The Morgan fingerprint density at radius 1 is 0.826 bits per heavy atom. The molecular formula is C15H8F6N2. The predicted molar refractivity (Wildman–Crippen MR) is 71.5 cm³/mol. The number of alkyl halides is 6. The van der Waals surface area contributed by atoms with Crippen LogP contribution in [0.15, 0.2) is 42.5 Å². The summed E-state index contributed by atoms with van der Waals surface area (Å²) in [4.78, 5) is 6.58. The normalized spacial score (nSPS) is 12.8. The lowest BCUT2D eigenvalue weighted by molar-refractivity contribution is -0.141. The molecule has 0 spiro atoms. The van der Waals surface area contributed by atoms with Crippen molar-refractivity contribution in [3.8, 4) is 11.4 Å². The summed E-state index contributed by atoms with van der Waals surface area (Å²) >= 11 is 0. The standard InChI is InChI=1S/C15H8F6N2/c16-14(17,18)8-5-6-10(15(19,20)21)9(7-8)13-22-11-3-1-2-4-12(11)23-13/h1-7H,(H,22,23). The first-order valence-corrected chi connectivity index (χ1v) is 6.40. The summed E-state index contributed by atoms with van der Waals surface area (Å²) in [6.07, 6.45) is -9.54. The summed E-state index contributed by atoms with van der Waals surface area (Å²) in [7, 11) is 0. The summed E-state index contributed by atoms with van der Waals surface area (Å²) in [5.74, 6) is -0.260. The van der Waals surface area contributed by atoms with Gasteiger partial charge in [0.05, 0.1) is 22.2 Å². The van der Waals surface area contributed by atoms with Crippen LogP contribution in [0.4, 0.5) is 26.3 Å². The fraction of sp³-hybridized carbons (Fsp3) is 0.133.